The van der Waals surface area contributed by atoms with Crippen LogP contribution in [0.15, 0.2) is 0 Å². The average Bonchev–Trinajstić information content (AvgIpc) is 2.29. The lowest BCUT2D eigenvalue weighted by atomic mass is 10.0. The molecule has 1 aliphatic heterocycles. The predicted octanol–water partition coefficient (Wildman–Crippen LogP) is 0.806. The van der Waals surface area contributed by atoms with Crippen molar-refractivity contribution < 1.29 is 13.2 Å². The van der Waals surface area contributed by atoms with Gasteiger partial charge in [-0.25, -0.2) is 0 Å². The summed E-state index contributed by atoms with van der Waals surface area (Å²) < 4.78 is 33.5. The average molecular weight is 285 g/mol. The molecule has 1 aliphatic rings. The predicted molar refractivity (Wildman–Crippen MR) is 68.4 cm³/mol. The van der Waals surface area contributed by atoms with Gasteiger partial charge in [-0.2, -0.15) is 17.4 Å². The van der Waals surface area contributed by atoms with Gasteiger partial charge in [0.1, 0.15) is 0 Å². The van der Waals surface area contributed by atoms with E-state index in [2.05, 4.69) is 4.72 Å². The molecule has 0 aliphatic carbocycles. The van der Waals surface area contributed by atoms with Gasteiger partial charge in [0.05, 0.1) is 13.2 Å². The molecule has 0 aromatic rings. The summed E-state index contributed by atoms with van der Waals surface area (Å²) in [5, 5.41) is 0. The number of morpholine rings is 1. The summed E-state index contributed by atoms with van der Waals surface area (Å²) in [6, 6.07) is -0.111. The van der Waals surface area contributed by atoms with Crippen LogP contribution in [0.5, 0.6) is 0 Å². The maximum atomic E-state index is 12.1. The zero-order valence-electron chi connectivity index (χ0n) is 10.4. The third-order valence-corrected chi connectivity index (χ3v) is 4.70. The molecular weight excluding hydrogens is 264 g/mol. The van der Waals surface area contributed by atoms with Gasteiger partial charge >= 0.3 is 0 Å². The van der Waals surface area contributed by atoms with E-state index in [9.17, 15) is 8.42 Å². The normalized spacial score (nSPS) is 20.7. The summed E-state index contributed by atoms with van der Waals surface area (Å²) >= 11 is 5.69. The second-order valence-electron chi connectivity index (χ2n) is 4.46. The topological polar surface area (TPSA) is 58.6 Å². The highest BCUT2D eigenvalue weighted by atomic mass is 35.5. The van der Waals surface area contributed by atoms with Crippen LogP contribution in [0.2, 0.25) is 0 Å². The Morgan fingerprint density at radius 3 is 2.41 bits per heavy atom. The molecule has 102 valence electrons. The summed E-state index contributed by atoms with van der Waals surface area (Å²) in [7, 11) is -3.41. The number of nitrogens with zero attached hydrogens (tertiary/aromatic N) is 1. The molecule has 0 bridgehead atoms. The Hall–Kier alpha value is 0.120. The van der Waals surface area contributed by atoms with Crippen LogP contribution in [0.1, 0.15) is 20.3 Å². The Bertz CT molecular complexity index is 316. The molecule has 5 nitrogen and oxygen atoms in total. The van der Waals surface area contributed by atoms with Crippen molar-refractivity contribution in [3.05, 3.63) is 0 Å². The first-order valence-electron chi connectivity index (χ1n) is 5.88. The lowest BCUT2D eigenvalue weighted by Crippen LogP contribution is -2.50. The van der Waals surface area contributed by atoms with Crippen molar-refractivity contribution in [2.24, 2.45) is 5.92 Å². The fraction of sp³-hybridized carbons (Fsp3) is 1.00. The van der Waals surface area contributed by atoms with E-state index in [1.165, 1.54) is 4.31 Å². The molecule has 0 aromatic carbocycles. The van der Waals surface area contributed by atoms with Gasteiger partial charge in [0.2, 0.25) is 0 Å². The molecule has 0 radical (unpaired) electrons. The maximum Gasteiger partial charge on any atom is 0.279 e. The number of hydrogen-bond acceptors (Lipinski definition) is 3. The molecule has 1 saturated heterocycles. The number of hydrogen-bond donors (Lipinski definition) is 1. The van der Waals surface area contributed by atoms with Gasteiger partial charge in [0, 0.05) is 25.0 Å². The fourth-order valence-electron chi connectivity index (χ4n) is 1.70. The lowest BCUT2D eigenvalue weighted by Gasteiger charge is -2.29. The van der Waals surface area contributed by atoms with Crippen molar-refractivity contribution in [3.63, 3.8) is 0 Å². The zero-order valence-corrected chi connectivity index (χ0v) is 11.9. The van der Waals surface area contributed by atoms with Crippen LogP contribution in [0.25, 0.3) is 0 Å². The van der Waals surface area contributed by atoms with E-state index in [4.69, 9.17) is 16.3 Å². The van der Waals surface area contributed by atoms with E-state index in [1.54, 1.807) is 0 Å². The number of alkyl halides is 1. The Balaban J connectivity index is 2.62. The third-order valence-electron chi connectivity index (χ3n) is 2.84. The first kappa shape index (κ1) is 15.2. The zero-order chi connectivity index (χ0) is 12.9. The Morgan fingerprint density at radius 2 is 1.94 bits per heavy atom. The number of ether oxygens (including phenoxy) is 1. The smallest absolute Gasteiger partial charge is 0.279 e. The molecule has 0 amide bonds. The monoisotopic (exact) mass is 284 g/mol. The van der Waals surface area contributed by atoms with Crippen LogP contribution >= 0.6 is 11.6 Å². The molecule has 1 rings (SSSR count). The van der Waals surface area contributed by atoms with E-state index < -0.39 is 10.2 Å². The molecule has 0 aromatic heterocycles. The van der Waals surface area contributed by atoms with Crippen LogP contribution in [-0.4, -0.2) is 50.9 Å². The van der Waals surface area contributed by atoms with Crippen LogP contribution in [0.3, 0.4) is 0 Å². The second-order valence-corrected chi connectivity index (χ2v) is 6.54. The van der Waals surface area contributed by atoms with E-state index in [1.807, 2.05) is 13.8 Å². The number of rotatable bonds is 6. The van der Waals surface area contributed by atoms with E-state index in [-0.39, 0.29) is 12.0 Å². The Morgan fingerprint density at radius 1 is 1.35 bits per heavy atom. The minimum absolute atomic E-state index is 0.111. The van der Waals surface area contributed by atoms with Gasteiger partial charge in [0.15, 0.2) is 0 Å². The van der Waals surface area contributed by atoms with Crippen molar-refractivity contribution in [3.8, 4) is 0 Å². The largest absolute Gasteiger partial charge is 0.379 e. The van der Waals surface area contributed by atoms with E-state index in [0.29, 0.717) is 38.6 Å². The molecule has 1 N–H and O–H groups in total. The summed E-state index contributed by atoms with van der Waals surface area (Å²) in [5.74, 6) is 0.679. The van der Waals surface area contributed by atoms with Gasteiger partial charge in [-0.05, 0) is 12.3 Å². The standard InChI is InChI=1S/C10H21ClN2O3S/c1-9(2)10(3-4-11)12-17(14,15)13-5-7-16-8-6-13/h9-10,12H,3-8H2,1-2H3. The fourth-order valence-corrected chi connectivity index (χ4v) is 3.49. The van der Waals surface area contributed by atoms with Gasteiger partial charge in [-0.3, -0.25) is 0 Å². The van der Waals surface area contributed by atoms with E-state index >= 15 is 0 Å². The second kappa shape index (κ2) is 6.89. The number of nitrogens with one attached hydrogen (secondary N) is 1. The lowest BCUT2D eigenvalue weighted by molar-refractivity contribution is 0.0722. The first-order chi connectivity index (χ1) is 7.97. The van der Waals surface area contributed by atoms with E-state index in [0.717, 1.165) is 0 Å². The molecule has 17 heavy (non-hydrogen) atoms. The maximum absolute atomic E-state index is 12.1. The van der Waals surface area contributed by atoms with Gasteiger partial charge in [0.25, 0.3) is 10.2 Å². The molecule has 0 spiro atoms. The van der Waals surface area contributed by atoms with Gasteiger partial charge in [-0.15, -0.1) is 11.6 Å². The van der Waals surface area contributed by atoms with Crippen molar-refractivity contribution >= 4 is 21.8 Å². The highest BCUT2D eigenvalue weighted by Crippen LogP contribution is 2.11. The molecule has 1 atom stereocenters. The van der Waals surface area contributed by atoms with Crippen molar-refractivity contribution in [1.82, 2.24) is 9.03 Å². The van der Waals surface area contributed by atoms with Gasteiger partial charge < -0.3 is 4.74 Å². The number of halogens is 1. The van der Waals surface area contributed by atoms with Gasteiger partial charge in [-0.1, -0.05) is 13.8 Å². The summed E-state index contributed by atoms with van der Waals surface area (Å²) in [6.07, 6.45) is 0.642. The molecule has 1 fully saturated rings. The minimum atomic E-state index is -3.41. The van der Waals surface area contributed by atoms with Crippen LogP contribution in [0, 0.1) is 5.92 Å². The molecule has 1 unspecified atom stereocenters. The highest BCUT2D eigenvalue weighted by Gasteiger charge is 2.27. The molecule has 1 heterocycles. The SMILES string of the molecule is CC(C)C(CCCl)NS(=O)(=O)N1CCOCC1. The minimum Gasteiger partial charge on any atom is -0.379 e. The van der Waals surface area contributed by atoms with Crippen molar-refractivity contribution in [1.29, 1.82) is 0 Å². The van der Waals surface area contributed by atoms with Crippen molar-refractivity contribution in [2.45, 2.75) is 26.3 Å². The first-order valence-corrected chi connectivity index (χ1v) is 7.86. The Labute approximate surface area is 109 Å². The molecular formula is C10H21ClN2O3S. The third kappa shape index (κ3) is 4.71. The van der Waals surface area contributed by atoms with Crippen LogP contribution < -0.4 is 4.72 Å². The van der Waals surface area contributed by atoms with Crippen LogP contribution in [-0.2, 0) is 14.9 Å². The molecule has 7 heteroatoms. The molecule has 0 saturated carbocycles. The Kier molecular flexibility index (Phi) is 6.16. The highest BCUT2D eigenvalue weighted by molar-refractivity contribution is 7.87. The van der Waals surface area contributed by atoms with Crippen LogP contribution in [0.4, 0.5) is 0 Å². The summed E-state index contributed by atoms with van der Waals surface area (Å²) in [4.78, 5) is 0. The summed E-state index contributed by atoms with van der Waals surface area (Å²) in [6.45, 7) is 5.73. The summed E-state index contributed by atoms with van der Waals surface area (Å²) in [5.41, 5.74) is 0. The quantitative estimate of drug-likeness (QED) is 0.734. The van der Waals surface area contributed by atoms with Crippen molar-refractivity contribution in [2.75, 3.05) is 32.2 Å².